The lowest BCUT2D eigenvalue weighted by Crippen LogP contribution is -2.46. The average Bonchev–Trinajstić information content (AvgIpc) is 3.11. The lowest BCUT2D eigenvalue weighted by atomic mass is 10.0. The van der Waals surface area contributed by atoms with E-state index in [0.717, 1.165) is 26.2 Å². The fraction of sp³-hybridized carbons (Fsp3) is 0.412. The van der Waals surface area contributed by atoms with Gasteiger partial charge in [-0.3, -0.25) is 4.90 Å². The lowest BCUT2D eigenvalue weighted by molar-refractivity contribution is 0.125. The molecule has 3 heterocycles. The molecule has 1 aliphatic rings. The summed E-state index contributed by atoms with van der Waals surface area (Å²) in [6, 6.07) is 4.57. The van der Waals surface area contributed by atoms with Gasteiger partial charge in [0.1, 0.15) is 11.6 Å². The number of nitrogens with zero attached hydrogens (tertiary/aromatic N) is 5. The first kappa shape index (κ1) is 17.7. The molecule has 138 valence electrons. The second-order valence-corrected chi connectivity index (χ2v) is 7.94. The smallest absolute Gasteiger partial charge is 0.230 e. The van der Waals surface area contributed by atoms with E-state index in [2.05, 4.69) is 26.9 Å². The van der Waals surface area contributed by atoms with Crippen molar-refractivity contribution in [2.24, 2.45) is 0 Å². The van der Waals surface area contributed by atoms with Gasteiger partial charge in [-0.05, 0) is 20.0 Å². The number of hydrogen-bond acceptors (Lipinski definition) is 6. The molecule has 1 aromatic carbocycles. The van der Waals surface area contributed by atoms with Crippen molar-refractivity contribution in [2.45, 2.75) is 13.0 Å². The van der Waals surface area contributed by atoms with Crippen LogP contribution >= 0.6 is 22.9 Å². The molecule has 0 radical (unpaired) electrons. The van der Waals surface area contributed by atoms with E-state index in [1.165, 1.54) is 21.9 Å². The Kier molecular flexibility index (Phi) is 4.60. The van der Waals surface area contributed by atoms with Crippen LogP contribution in [0.4, 0.5) is 4.39 Å². The van der Waals surface area contributed by atoms with E-state index < -0.39 is 11.9 Å². The van der Waals surface area contributed by atoms with E-state index in [4.69, 9.17) is 11.6 Å². The summed E-state index contributed by atoms with van der Waals surface area (Å²) in [5, 5.41) is 15.1. The number of likely N-dealkylation sites (N-methyl/N-ethyl adjacent to an activating group) is 1. The van der Waals surface area contributed by atoms with Crippen molar-refractivity contribution < 1.29 is 9.50 Å². The van der Waals surface area contributed by atoms with E-state index in [1.807, 2.05) is 0 Å². The quantitative estimate of drug-likeness (QED) is 0.739. The molecule has 1 fully saturated rings. The number of halogens is 2. The molecule has 4 rings (SSSR count). The summed E-state index contributed by atoms with van der Waals surface area (Å²) in [6.45, 7) is 5.05. The maximum Gasteiger partial charge on any atom is 0.230 e. The van der Waals surface area contributed by atoms with Gasteiger partial charge in [-0.25, -0.2) is 9.37 Å². The second-order valence-electron chi connectivity index (χ2n) is 6.53. The Hall–Kier alpha value is -1.74. The van der Waals surface area contributed by atoms with Crippen molar-refractivity contribution in [2.75, 3.05) is 33.2 Å². The highest BCUT2D eigenvalue weighted by atomic mass is 35.5. The second kappa shape index (κ2) is 6.77. The van der Waals surface area contributed by atoms with E-state index >= 15 is 0 Å². The van der Waals surface area contributed by atoms with Crippen LogP contribution in [-0.2, 0) is 0 Å². The first-order valence-corrected chi connectivity index (χ1v) is 9.56. The fourth-order valence-electron chi connectivity index (χ4n) is 3.34. The standard InChI is InChI=1S/C17H19ClFN5OS/c1-10-20-17-24(21-10)16(25)15(26-17)14(23-8-6-22(2)7-9-23)11-4-3-5-12(18)13(11)19/h3-5,14,25H,6-9H2,1-2H3/t14-/m0/s1. The van der Waals surface area contributed by atoms with Gasteiger partial charge in [-0.2, -0.15) is 4.52 Å². The molecule has 0 aliphatic carbocycles. The Balaban J connectivity index is 1.85. The van der Waals surface area contributed by atoms with Crippen LogP contribution in [0.1, 0.15) is 22.3 Å². The van der Waals surface area contributed by atoms with Gasteiger partial charge in [0.2, 0.25) is 10.8 Å². The molecule has 6 nitrogen and oxygen atoms in total. The molecule has 9 heteroatoms. The van der Waals surface area contributed by atoms with E-state index in [9.17, 15) is 9.50 Å². The van der Waals surface area contributed by atoms with Gasteiger partial charge in [0.25, 0.3) is 0 Å². The summed E-state index contributed by atoms with van der Waals surface area (Å²) in [7, 11) is 2.07. The molecule has 0 spiro atoms. The van der Waals surface area contributed by atoms with Crippen LogP contribution in [0.15, 0.2) is 18.2 Å². The number of hydrogen-bond donors (Lipinski definition) is 1. The minimum atomic E-state index is -0.451. The lowest BCUT2D eigenvalue weighted by Gasteiger charge is -2.37. The monoisotopic (exact) mass is 395 g/mol. The molecule has 3 aromatic rings. The number of fused-ring (bicyclic) bond motifs is 1. The highest BCUT2D eigenvalue weighted by Crippen LogP contribution is 2.41. The Morgan fingerprint density at radius 1 is 1.27 bits per heavy atom. The van der Waals surface area contributed by atoms with Crippen LogP contribution in [-0.4, -0.2) is 62.7 Å². The van der Waals surface area contributed by atoms with Crippen LogP contribution in [0.2, 0.25) is 5.02 Å². The highest BCUT2D eigenvalue weighted by Gasteiger charge is 2.33. The summed E-state index contributed by atoms with van der Waals surface area (Å²) in [6.07, 6.45) is 0. The predicted octanol–water partition coefficient (Wildman–Crippen LogP) is 2.93. The molecular weight excluding hydrogens is 377 g/mol. The van der Waals surface area contributed by atoms with E-state index in [-0.39, 0.29) is 10.9 Å². The van der Waals surface area contributed by atoms with Gasteiger partial charge >= 0.3 is 0 Å². The highest BCUT2D eigenvalue weighted by molar-refractivity contribution is 7.17. The molecule has 1 saturated heterocycles. The van der Waals surface area contributed by atoms with Crippen LogP contribution in [0.3, 0.4) is 0 Å². The van der Waals surface area contributed by atoms with Gasteiger partial charge in [0, 0.05) is 31.7 Å². The van der Waals surface area contributed by atoms with Crippen molar-refractivity contribution in [1.29, 1.82) is 0 Å². The summed E-state index contributed by atoms with van der Waals surface area (Å²) in [5.41, 5.74) is 0.457. The normalized spacial score (nSPS) is 17.8. The Bertz CT molecular complexity index is 950. The Labute approximate surface area is 159 Å². The van der Waals surface area contributed by atoms with Crippen molar-refractivity contribution in [3.05, 3.63) is 45.3 Å². The maximum absolute atomic E-state index is 14.9. The molecule has 0 bridgehead atoms. The molecule has 1 atom stereocenters. The van der Waals surface area contributed by atoms with Gasteiger partial charge in [0.15, 0.2) is 0 Å². The number of benzene rings is 1. The minimum Gasteiger partial charge on any atom is -0.492 e. The van der Waals surface area contributed by atoms with Gasteiger partial charge in [-0.15, -0.1) is 5.10 Å². The number of rotatable bonds is 3. The number of piperazine rings is 1. The SMILES string of the molecule is Cc1nc2sc([C@H](c3cccc(Cl)c3F)N3CCN(C)CC3)c(O)n2n1. The number of aromatic hydroxyl groups is 1. The first-order valence-electron chi connectivity index (χ1n) is 8.37. The average molecular weight is 396 g/mol. The first-order chi connectivity index (χ1) is 12.5. The topological polar surface area (TPSA) is 56.9 Å². The van der Waals surface area contributed by atoms with Crippen molar-refractivity contribution in [1.82, 2.24) is 24.4 Å². The van der Waals surface area contributed by atoms with Gasteiger partial charge in [-0.1, -0.05) is 35.1 Å². The molecule has 0 unspecified atom stereocenters. The van der Waals surface area contributed by atoms with Crippen LogP contribution in [0.5, 0.6) is 5.88 Å². The molecule has 0 amide bonds. The van der Waals surface area contributed by atoms with Crippen molar-refractivity contribution >= 4 is 27.9 Å². The molecule has 1 N–H and O–H groups in total. The zero-order valence-corrected chi connectivity index (χ0v) is 16.1. The van der Waals surface area contributed by atoms with Gasteiger partial charge in [0.05, 0.1) is 15.9 Å². The molecule has 2 aromatic heterocycles. The predicted molar refractivity (Wildman–Crippen MR) is 99.6 cm³/mol. The summed E-state index contributed by atoms with van der Waals surface area (Å²) < 4.78 is 16.3. The van der Waals surface area contributed by atoms with Crippen LogP contribution in [0, 0.1) is 12.7 Å². The summed E-state index contributed by atoms with van der Waals surface area (Å²) >= 11 is 7.37. The largest absolute Gasteiger partial charge is 0.492 e. The number of thiazole rings is 1. The van der Waals surface area contributed by atoms with Gasteiger partial charge < -0.3 is 10.0 Å². The third-order valence-electron chi connectivity index (χ3n) is 4.73. The van der Waals surface area contributed by atoms with Crippen LogP contribution < -0.4 is 0 Å². The molecular formula is C17H19ClFN5OS. The number of aromatic nitrogens is 3. The Morgan fingerprint density at radius 2 is 2.00 bits per heavy atom. The summed E-state index contributed by atoms with van der Waals surface area (Å²) in [4.78, 5) is 9.96. The minimum absolute atomic E-state index is 0.00824. The third-order valence-corrected chi connectivity index (χ3v) is 6.10. The summed E-state index contributed by atoms with van der Waals surface area (Å²) in [5.74, 6) is 0.143. The third kappa shape index (κ3) is 2.96. The number of aryl methyl sites for hydroxylation is 1. The van der Waals surface area contributed by atoms with E-state index in [0.29, 0.717) is 21.2 Å². The fourth-order valence-corrected chi connectivity index (χ4v) is 4.68. The maximum atomic E-state index is 14.9. The zero-order chi connectivity index (χ0) is 18.4. The zero-order valence-electron chi connectivity index (χ0n) is 14.5. The molecule has 26 heavy (non-hydrogen) atoms. The van der Waals surface area contributed by atoms with Crippen LogP contribution in [0.25, 0.3) is 4.96 Å². The molecule has 1 aliphatic heterocycles. The Morgan fingerprint density at radius 3 is 2.69 bits per heavy atom. The molecule has 0 saturated carbocycles. The van der Waals surface area contributed by atoms with Crippen molar-refractivity contribution in [3.63, 3.8) is 0 Å². The van der Waals surface area contributed by atoms with Crippen molar-refractivity contribution in [3.8, 4) is 5.88 Å². The van der Waals surface area contributed by atoms with E-state index in [1.54, 1.807) is 19.1 Å².